The van der Waals surface area contributed by atoms with Crippen LogP contribution in [0.1, 0.15) is 50.8 Å². The molecular formula is C30H36N8O6. The number of esters is 1. The Morgan fingerprint density at radius 1 is 1.27 bits per heavy atom. The van der Waals surface area contributed by atoms with Gasteiger partial charge in [-0.15, -0.1) is 0 Å². The highest BCUT2D eigenvalue weighted by molar-refractivity contribution is 6.08. The SMILES string of the molecule is CCOC(=O)CC1=NC(Oc2cc(C#N)ccc2C(C)(C)C)N(N)C(Oc2cc(C3=NCCN3)cc(N(C)C)c2)=C1[N+](=O)[O-]. The number of hydrogen-bond acceptors (Lipinski definition) is 13. The Labute approximate surface area is 255 Å². The van der Waals surface area contributed by atoms with E-state index < -0.39 is 40.7 Å². The minimum Gasteiger partial charge on any atom is -0.466 e. The van der Waals surface area contributed by atoms with E-state index in [0.717, 1.165) is 16.3 Å². The maximum absolute atomic E-state index is 12.5. The first-order valence-corrected chi connectivity index (χ1v) is 14.0. The molecule has 0 aliphatic carbocycles. The average Bonchev–Trinajstić information content (AvgIpc) is 3.50. The molecule has 2 aromatic carbocycles. The van der Waals surface area contributed by atoms with Gasteiger partial charge in [-0.2, -0.15) is 5.26 Å². The number of amidine groups is 1. The smallest absolute Gasteiger partial charge is 0.352 e. The lowest BCUT2D eigenvalue weighted by atomic mass is 9.86. The zero-order valence-electron chi connectivity index (χ0n) is 25.6. The Bertz CT molecular complexity index is 1580. The minimum absolute atomic E-state index is 0.0733. The molecule has 0 saturated carbocycles. The van der Waals surface area contributed by atoms with Crippen LogP contribution >= 0.6 is 0 Å². The van der Waals surface area contributed by atoms with Crippen molar-refractivity contribution in [1.29, 1.82) is 5.26 Å². The average molecular weight is 605 g/mol. The van der Waals surface area contributed by atoms with Crippen molar-refractivity contribution in [2.45, 2.75) is 45.9 Å². The van der Waals surface area contributed by atoms with Gasteiger partial charge in [0.25, 0.3) is 12.2 Å². The molecule has 0 radical (unpaired) electrons. The number of benzene rings is 2. The number of carbonyl (C=O) groups excluding carboxylic acids is 1. The van der Waals surface area contributed by atoms with Crippen molar-refractivity contribution in [2.24, 2.45) is 15.8 Å². The number of aliphatic imine (C=N–C) groups is 2. The van der Waals surface area contributed by atoms with Gasteiger partial charge in [0, 0.05) is 38.0 Å². The first-order valence-electron chi connectivity index (χ1n) is 14.0. The molecule has 2 aliphatic rings. The molecule has 3 N–H and O–H groups in total. The number of nitrogens with one attached hydrogen (secondary N) is 1. The van der Waals surface area contributed by atoms with Gasteiger partial charge in [0.1, 0.15) is 23.0 Å². The van der Waals surface area contributed by atoms with E-state index in [2.05, 4.69) is 21.4 Å². The molecule has 14 heteroatoms. The topological polar surface area (TPSA) is 181 Å². The fourth-order valence-electron chi connectivity index (χ4n) is 4.61. The molecule has 0 bridgehead atoms. The van der Waals surface area contributed by atoms with E-state index >= 15 is 0 Å². The van der Waals surface area contributed by atoms with Gasteiger partial charge in [-0.05, 0) is 42.2 Å². The summed E-state index contributed by atoms with van der Waals surface area (Å²) in [6, 6.07) is 12.4. The summed E-state index contributed by atoms with van der Waals surface area (Å²) in [5, 5.41) is 26.1. The van der Waals surface area contributed by atoms with Crippen LogP contribution in [0.3, 0.4) is 0 Å². The standard InChI is InChI=1S/C30H36N8O6/c1-7-42-25(39)16-23-26(38(40)41)28(43-21-14-19(27-33-10-11-34-27)13-20(15-21)36(5)6)37(32)29(35-23)44-24-12-18(17-31)8-9-22(24)30(2,3)4/h8-9,12-15,29H,7,10-11,16,32H2,1-6H3,(H,33,34). The molecule has 2 aliphatic heterocycles. The predicted octanol–water partition coefficient (Wildman–Crippen LogP) is 3.04. The van der Waals surface area contributed by atoms with E-state index in [1.165, 1.54) is 0 Å². The van der Waals surface area contributed by atoms with Crippen LogP contribution in [-0.4, -0.2) is 67.6 Å². The van der Waals surface area contributed by atoms with Crippen LogP contribution in [0, 0.1) is 21.4 Å². The summed E-state index contributed by atoms with van der Waals surface area (Å²) in [6.07, 6.45) is -1.93. The first-order chi connectivity index (χ1) is 20.8. The quantitative estimate of drug-likeness (QED) is 0.176. The van der Waals surface area contributed by atoms with E-state index in [0.29, 0.717) is 35.8 Å². The summed E-state index contributed by atoms with van der Waals surface area (Å²) in [5.74, 6) is 6.53. The second-order valence-corrected chi connectivity index (χ2v) is 11.3. The highest BCUT2D eigenvalue weighted by Crippen LogP contribution is 2.35. The molecule has 2 aromatic rings. The minimum atomic E-state index is -1.40. The molecule has 232 valence electrons. The van der Waals surface area contributed by atoms with Gasteiger partial charge in [-0.3, -0.25) is 19.9 Å². The third-order valence-corrected chi connectivity index (χ3v) is 6.74. The molecular weight excluding hydrogens is 568 g/mol. The highest BCUT2D eigenvalue weighted by atomic mass is 16.6. The third-order valence-electron chi connectivity index (χ3n) is 6.74. The molecule has 0 aromatic heterocycles. The first kappa shape index (κ1) is 31.8. The van der Waals surface area contributed by atoms with Gasteiger partial charge in [-0.25, -0.2) is 15.8 Å². The fourth-order valence-corrected chi connectivity index (χ4v) is 4.61. The van der Waals surface area contributed by atoms with Crippen LogP contribution in [0.5, 0.6) is 11.5 Å². The number of ether oxygens (including phenoxy) is 3. The van der Waals surface area contributed by atoms with E-state index in [4.69, 9.17) is 20.1 Å². The number of rotatable bonds is 10. The van der Waals surface area contributed by atoms with Crippen LogP contribution < -0.4 is 25.5 Å². The van der Waals surface area contributed by atoms with Gasteiger partial charge < -0.3 is 24.4 Å². The molecule has 1 unspecified atom stereocenters. The fraction of sp³-hybridized carbons (Fsp3) is 0.400. The summed E-state index contributed by atoms with van der Waals surface area (Å²) in [4.78, 5) is 35.0. The van der Waals surface area contributed by atoms with Crippen molar-refractivity contribution < 1.29 is 23.9 Å². The molecule has 0 saturated heterocycles. The van der Waals surface area contributed by atoms with Crippen LogP contribution in [0.2, 0.25) is 0 Å². The summed E-state index contributed by atoms with van der Waals surface area (Å²) in [7, 11) is 3.70. The summed E-state index contributed by atoms with van der Waals surface area (Å²) in [6.45, 7) is 8.90. The Balaban J connectivity index is 1.84. The number of anilines is 1. The van der Waals surface area contributed by atoms with E-state index in [-0.39, 0.29) is 18.1 Å². The van der Waals surface area contributed by atoms with Gasteiger partial charge in [0.05, 0.1) is 36.1 Å². The van der Waals surface area contributed by atoms with Crippen LogP contribution in [-0.2, 0) is 14.9 Å². The number of allylic oxidation sites excluding steroid dienone is 1. The van der Waals surface area contributed by atoms with Crippen LogP contribution in [0.15, 0.2) is 58.0 Å². The van der Waals surface area contributed by atoms with Crippen LogP contribution in [0.25, 0.3) is 0 Å². The molecule has 44 heavy (non-hydrogen) atoms. The number of hydrogen-bond donors (Lipinski definition) is 2. The molecule has 14 nitrogen and oxygen atoms in total. The zero-order chi connectivity index (χ0) is 32.2. The van der Waals surface area contributed by atoms with Crippen molar-refractivity contribution in [3.63, 3.8) is 0 Å². The van der Waals surface area contributed by atoms with E-state index in [1.54, 1.807) is 37.3 Å². The van der Waals surface area contributed by atoms with Gasteiger partial charge in [0.15, 0.2) is 0 Å². The lowest BCUT2D eigenvalue weighted by Gasteiger charge is -2.32. The highest BCUT2D eigenvalue weighted by Gasteiger charge is 2.41. The second kappa shape index (κ2) is 13.0. The maximum atomic E-state index is 12.5. The number of nitro groups is 1. The molecule has 2 heterocycles. The molecule has 1 atom stereocenters. The van der Waals surface area contributed by atoms with Crippen molar-refractivity contribution in [1.82, 2.24) is 10.3 Å². The summed E-state index contributed by atoms with van der Waals surface area (Å²) < 4.78 is 17.5. The number of carbonyl (C=O) groups is 1. The van der Waals surface area contributed by atoms with Crippen molar-refractivity contribution in [3.05, 3.63) is 74.8 Å². The Morgan fingerprint density at radius 2 is 2.02 bits per heavy atom. The van der Waals surface area contributed by atoms with Crippen LogP contribution in [0.4, 0.5) is 5.69 Å². The number of nitrogens with two attached hydrogens (primary N) is 1. The number of nitriles is 1. The lowest BCUT2D eigenvalue weighted by molar-refractivity contribution is -0.420. The summed E-state index contributed by atoms with van der Waals surface area (Å²) >= 11 is 0. The Morgan fingerprint density at radius 3 is 2.61 bits per heavy atom. The number of nitrogens with zero attached hydrogens (tertiary/aromatic N) is 6. The van der Waals surface area contributed by atoms with Gasteiger partial charge in [0.2, 0.25) is 0 Å². The molecule has 0 fully saturated rings. The zero-order valence-corrected chi connectivity index (χ0v) is 25.6. The predicted molar refractivity (Wildman–Crippen MR) is 164 cm³/mol. The molecule has 4 rings (SSSR count). The van der Waals surface area contributed by atoms with Crippen molar-refractivity contribution in [2.75, 3.05) is 38.7 Å². The van der Waals surface area contributed by atoms with E-state index in [1.807, 2.05) is 45.8 Å². The van der Waals surface area contributed by atoms with Crippen molar-refractivity contribution >= 4 is 23.2 Å². The monoisotopic (exact) mass is 604 g/mol. The van der Waals surface area contributed by atoms with Gasteiger partial charge in [-0.1, -0.05) is 26.8 Å². The Kier molecular flexibility index (Phi) is 9.39. The number of hydrazine groups is 1. The second-order valence-electron chi connectivity index (χ2n) is 11.3. The maximum Gasteiger partial charge on any atom is 0.352 e. The summed E-state index contributed by atoms with van der Waals surface area (Å²) in [5.41, 5.74) is 1.26. The van der Waals surface area contributed by atoms with Crippen molar-refractivity contribution in [3.8, 4) is 17.6 Å². The largest absolute Gasteiger partial charge is 0.466 e. The lowest BCUT2D eigenvalue weighted by Crippen LogP contribution is -2.49. The van der Waals surface area contributed by atoms with Gasteiger partial charge >= 0.3 is 11.7 Å². The molecule has 0 amide bonds. The molecule has 0 spiro atoms. The van der Waals surface area contributed by atoms with E-state index in [9.17, 15) is 20.2 Å². The normalized spacial score (nSPS) is 16.4. The third kappa shape index (κ3) is 7.07. The Hall–Kier alpha value is -5.16.